The number of hydrogen-bond donors (Lipinski definition) is 0. The van der Waals surface area contributed by atoms with Crippen molar-refractivity contribution in [3.05, 3.63) is 54.3 Å². The van der Waals surface area contributed by atoms with Crippen LogP contribution in [0.1, 0.15) is 0 Å². The molecule has 1 aliphatic heterocycles. The summed E-state index contributed by atoms with van der Waals surface area (Å²) in [4.78, 5) is 3.23. The first-order valence-electron chi connectivity index (χ1n) is 7.77. The van der Waals surface area contributed by atoms with Crippen LogP contribution >= 0.6 is 0 Å². The van der Waals surface area contributed by atoms with Crippen LogP contribution in [0.4, 0.5) is 24.5 Å². The van der Waals surface area contributed by atoms with Crippen LogP contribution in [0, 0.1) is 5.82 Å². The Morgan fingerprint density at radius 1 is 0.800 bits per heavy atom. The average Bonchev–Trinajstić information content (AvgIpc) is 2.62. The first-order valence-corrected chi connectivity index (χ1v) is 9.31. The number of anilines is 2. The number of para-hydroxylation sites is 2. The van der Waals surface area contributed by atoms with Gasteiger partial charge in [-0.3, -0.25) is 0 Å². The molecule has 0 aromatic heterocycles. The molecule has 25 heavy (non-hydrogen) atoms. The van der Waals surface area contributed by atoms with Gasteiger partial charge >= 0.3 is 5.76 Å². The van der Waals surface area contributed by atoms with E-state index in [1.165, 1.54) is 24.3 Å². The van der Waals surface area contributed by atoms with E-state index in [4.69, 9.17) is 0 Å². The third kappa shape index (κ3) is 3.44. The summed E-state index contributed by atoms with van der Waals surface area (Å²) in [6, 6.07) is 12.2. The lowest BCUT2D eigenvalue weighted by Crippen LogP contribution is -2.47. The zero-order valence-electron chi connectivity index (χ0n) is 13.3. The summed E-state index contributed by atoms with van der Waals surface area (Å²) in [5.74, 6) is -3.79. The van der Waals surface area contributed by atoms with Gasteiger partial charge in [0.1, 0.15) is 5.82 Å². The van der Waals surface area contributed by atoms with Crippen LogP contribution in [0.5, 0.6) is 0 Å². The summed E-state index contributed by atoms with van der Waals surface area (Å²) >= 11 is 0. The quantitative estimate of drug-likeness (QED) is 0.829. The maximum absolute atomic E-state index is 13.9. The van der Waals surface area contributed by atoms with Gasteiger partial charge in [-0.05, 0) is 24.3 Å². The molecule has 0 amide bonds. The summed E-state index contributed by atoms with van der Waals surface area (Å²) in [5.41, 5.74) is 0.742. The molecule has 0 aliphatic carbocycles. The molecule has 0 bridgehead atoms. The predicted octanol–water partition coefficient (Wildman–Crippen LogP) is 3.15. The van der Waals surface area contributed by atoms with Crippen LogP contribution < -0.4 is 9.80 Å². The molecule has 2 aromatic carbocycles. The minimum atomic E-state index is -4.68. The van der Waals surface area contributed by atoms with Crippen molar-refractivity contribution in [3.8, 4) is 0 Å². The van der Waals surface area contributed by atoms with Gasteiger partial charge in [0.25, 0.3) is 0 Å². The Balaban J connectivity index is 1.82. The van der Waals surface area contributed by atoms with Crippen LogP contribution in [0.15, 0.2) is 53.4 Å². The number of hydrogen-bond acceptors (Lipinski definition) is 4. The fourth-order valence-electron chi connectivity index (χ4n) is 2.95. The maximum atomic E-state index is 13.9. The van der Waals surface area contributed by atoms with Gasteiger partial charge < -0.3 is 9.80 Å². The number of rotatable bonds is 4. The zero-order chi connectivity index (χ0) is 18.0. The van der Waals surface area contributed by atoms with E-state index in [0.717, 1.165) is 0 Å². The Hall–Kier alpha value is -2.22. The second-order valence-corrected chi connectivity index (χ2v) is 7.59. The topological polar surface area (TPSA) is 40.6 Å². The van der Waals surface area contributed by atoms with E-state index in [0.29, 0.717) is 31.9 Å². The highest BCUT2D eigenvalue weighted by atomic mass is 32.2. The van der Waals surface area contributed by atoms with Gasteiger partial charge in [0, 0.05) is 26.2 Å². The lowest BCUT2D eigenvalue weighted by Gasteiger charge is -2.38. The lowest BCUT2D eigenvalue weighted by atomic mass is 10.2. The summed E-state index contributed by atoms with van der Waals surface area (Å²) in [6.45, 7) is 1.74. The van der Waals surface area contributed by atoms with Gasteiger partial charge in [-0.2, -0.15) is 8.78 Å². The second-order valence-electron chi connectivity index (χ2n) is 5.70. The standard InChI is InChI=1S/C17H17F3N2O2S/c18-13-5-1-2-6-14(13)21-9-11-22(12-10-21)15-7-3-4-8-16(15)25(23,24)17(19)20/h1-8,17H,9-12H2. The molecule has 0 radical (unpaired) electrons. The number of benzene rings is 2. The second kappa shape index (κ2) is 6.95. The Kier molecular flexibility index (Phi) is 4.89. The summed E-state index contributed by atoms with van der Waals surface area (Å²) in [7, 11) is -4.68. The van der Waals surface area contributed by atoms with Crippen LogP contribution in [0.25, 0.3) is 0 Å². The molecule has 1 fully saturated rings. The average molecular weight is 370 g/mol. The van der Waals surface area contributed by atoms with E-state index in [9.17, 15) is 21.6 Å². The normalized spacial score (nSPS) is 15.7. The minimum absolute atomic E-state index is 0.260. The number of alkyl halides is 2. The third-order valence-electron chi connectivity index (χ3n) is 4.22. The summed E-state index contributed by atoms with van der Waals surface area (Å²) < 4.78 is 63.5. The molecule has 2 aromatic rings. The molecule has 8 heteroatoms. The largest absolute Gasteiger partial charge is 0.367 e. The SMILES string of the molecule is O=S(=O)(c1ccccc1N1CCN(c2ccccc2F)CC1)C(F)F. The molecule has 0 spiro atoms. The fraction of sp³-hybridized carbons (Fsp3) is 0.294. The molecule has 1 saturated heterocycles. The van der Waals surface area contributed by atoms with Gasteiger partial charge in [-0.1, -0.05) is 24.3 Å². The first kappa shape index (κ1) is 17.6. The van der Waals surface area contributed by atoms with Crippen molar-refractivity contribution in [2.45, 2.75) is 10.7 Å². The minimum Gasteiger partial charge on any atom is -0.367 e. The zero-order valence-corrected chi connectivity index (χ0v) is 14.1. The van der Waals surface area contributed by atoms with Crippen LogP contribution in [-0.2, 0) is 9.84 Å². The van der Waals surface area contributed by atoms with E-state index in [1.54, 1.807) is 29.2 Å². The van der Waals surface area contributed by atoms with Crippen LogP contribution in [0.2, 0.25) is 0 Å². The van der Waals surface area contributed by atoms with E-state index < -0.39 is 15.6 Å². The molecule has 4 nitrogen and oxygen atoms in total. The molecule has 1 heterocycles. The van der Waals surface area contributed by atoms with Crippen LogP contribution in [0.3, 0.4) is 0 Å². The van der Waals surface area contributed by atoms with Crippen molar-refractivity contribution in [2.24, 2.45) is 0 Å². The highest BCUT2D eigenvalue weighted by Gasteiger charge is 2.31. The van der Waals surface area contributed by atoms with Crippen molar-refractivity contribution in [1.82, 2.24) is 0 Å². The van der Waals surface area contributed by atoms with Gasteiger partial charge in [0.15, 0.2) is 0 Å². The highest BCUT2D eigenvalue weighted by molar-refractivity contribution is 7.91. The van der Waals surface area contributed by atoms with Gasteiger partial charge in [0.05, 0.1) is 16.3 Å². The molecule has 0 atom stereocenters. The van der Waals surface area contributed by atoms with Gasteiger partial charge in [-0.15, -0.1) is 0 Å². The van der Waals surface area contributed by atoms with Crippen molar-refractivity contribution in [1.29, 1.82) is 0 Å². The van der Waals surface area contributed by atoms with Crippen molar-refractivity contribution in [2.75, 3.05) is 36.0 Å². The molecular weight excluding hydrogens is 353 g/mol. The number of halogens is 3. The Morgan fingerprint density at radius 3 is 1.84 bits per heavy atom. The van der Waals surface area contributed by atoms with Crippen molar-refractivity contribution < 1.29 is 21.6 Å². The number of nitrogens with zero attached hydrogens (tertiary/aromatic N) is 2. The smallest absolute Gasteiger partial charge is 0.341 e. The summed E-state index contributed by atoms with van der Waals surface area (Å²) in [5, 5.41) is 0. The lowest BCUT2D eigenvalue weighted by molar-refractivity contribution is 0.235. The Morgan fingerprint density at radius 2 is 1.28 bits per heavy atom. The van der Waals surface area contributed by atoms with Gasteiger partial charge in [-0.25, -0.2) is 12.8 Å². The maximum Gasteiger partial charge on any atom is 0.341 e. The first-order chi connectivity index (χ1) is 11.9. The number of sulfone groups is 1. The van der Waals surface area contributed by atoms with Crippen molar-refractivity contribution >= 4 is 21.2 Å². The van der Waals surface area contributed by atoms with Crippen LogP contribution in [-0.4, -0.2) is 40.4 Å². The highest BCUT2D eigenvalue weighted by Crippen LogP contribution is 2.30. The molecule has 1 aliphatic rings. The Labute approximate surface area is 144 Å². The molecule has 3 rings (SSSR count). The molecule has 0 unspecified atom stereocenters. The third-order valence-corrected chi connectivity index (χ3v) is 5.65. The van der Waals surface area contributed by atoms with E-state index in [2.05, 4.69) is 0 Å². The van der Waals surface area contributed by atoms with Crippen molar-refractivity contribution in [3.63, 3.8) is 0 Å². The van der Waals surface area contributed by atoms with E-state index in [1.807, 2.05) is 4.90 Å². The van der Waals surface area contributed by atoms with E-state index >= 15 is 0 Å². The molecule has 134 valence electrons. The molecular formula is C17H17F3N2O2S. The monoisotopic (exact) mass is 370 g/mol. The summed E-state index contributed by atoms with van der Waals surface area (Å²) in [6.07, 6.45) is 0. The molecule has 0 N–H and O–H groups in total. The predicted molar refractivity (Wildman–Crippen MR) is 90.5 cm³/mol. The molecule has 0 saturated carbocycles. The fourth-order valence-corrected chi connectivity index (χ4v) is 3.90. The Bertz CT molecular complexity index is 850. The van der Waals surface area contributed by atoms with Gasteiger partial charge in [0.2, 0.25) is 9.84 Å². The van der Waals surface area contributed by atoms with E-state index in [-0.39, 0.29) is 16.4 Å². The number of piperazine rings is 1.